The van der Waals surface area contributed by atoms with Crippen LogP contribution in [0.4, 0.5) is 11.5 Å². The zero-order valence-electron chi connectivity index (χ0n) is 18.6. The van der Waals surface area contributed by atoms with Crippen molar-refractivity contribution in [3.8, 4) is 5.75 Å². The van der Waals surface area contributed by atoms with Crippen LogP contribution in [0.25, 0.3) is 10.2 Å². The molecule has 3 aliphatic rings. The summed E-state index contributed by atoms with van der Waals surface area (Å²) in [4.78, 5) is 32.3. The number of methoxy groups -OCH3 is 1. The second-order valence-corrected chi connectivity index (χ2v) is 9.85. The van der Waals surface area contributed by atoms with Crippen LogP contribution in [0.2, 0.25) is 0 Å². The van der Waals surface area contributed by atoms with Gasteiger partial charge in [0.15, 0.2) is 0 Å². The molecule has 0 unspecified atom stereocenters. The van der Waals surface area contributed by atoms with E-state index in [4.69, 9.17) is 4.74 Å². The monoisotopic (exact) mass is 462 g/mol. The Morgan fingerprint density at radius 1 is 1.18 bits per heavy atom. The van der Waals surface area contributed by atoms with Crippen LogP contribution in [0, 0.1) is 0 Å². The number of likely N-dealkylation sites (tertiary alicyclic amines) is 1. The normalized spacial score (nSPS) is 17.6. The number of aliphatic imine (C=N–C) groups is 1. The van der Waals surface area contributed by atoms with Crippen LogP contribution in [0.5, 0.6) is 5.75 Å². The quantitative estimate of drug-likeness (QED) is 0.605. The predicted octanol–water partition coefficient (Wildman–Crippen LogP) is 3.36. The van der Waals surface area contributed by atoms with Gasteiger partial charge in [-0.25, -0.2) is 9.97 Å². The van der Waals surface area contributed by atoms with Crippen LogP contribution in [0.15, 0.2) is 23.5 Å². The van der Waals surface area contributed by atoms with E-state index >= 15 is 0 Å². The maximum Gasteiger partial charge on any atom is 0.222 e. The third-order valence-electron chi connectivity index (χ3n) is 6.78. The number of amides is 1. The highest BCUT2D eigenvalue weighted by Gasteiger charge is 2.26. The Labute approximate surface area is 196 Å². The summed E-state index contributed by atoms with van der Waals surface area (Å²) in [7, 11) is 1.69. The van der Waals surface area contributed by atoms with Gasteiger partial charge >= 0.3 is 0 Å². The van der Waals surface area contributed by atoms with Crippen LogP contribution in [0.3, 0.4) is 0 Å². The van der Waals surface area contributed by atoms with E-state index in [0.29, 0.717) is 18.9 Å². The minimum absolute atomic E-state index is 0.300. The van der Waals surface area contributed by atoms with Gasteiger partial charge in [-0.2, -0.15) is 0 Å². The van der Waals surface area contributed by atoms with Crippen LogP contribution in [0.1, 0.15) is 34.4 Å². The number of benzene rings is 1. The highest BCUT2D eigenvalue weighted by Crippen LogP contribution is 2.39. The number of fused-ring (bicyclic) bond motifs is 4. The van der Waals surface area contributed by atoms with Gasteiger partial charge in [-0.1, -0.05) is 0 Å². The number of aromatic nitrogens is 2. The third-order valence-corrected chi connectivity index (χ3v) is 7.90. The maximum absolute atomic E-state index is 11.9. The standard InChI is InChI=1S/C24H26N6O2S/c1-32-19-10-16-12-25-11-15(16)9-18(19)28-23-22-17-4-6-29(7-8-30-5-2-3-21(30)31)13-20(17)33-24(22)27-14-26-23/h9-11,14H,2-8,12-13H2,1H3,(H,26,27,28). The number of thiophene rings is 1. The smallest absolute Gasteiger partial charge is 0.222 e. The van der Waals surface area contributed by atoms with E-state index < -0.39 is 0 Å². The zero-order valence-corrected chi connectivity index (χ0v) is 19.5. The number of carbonyl (C=O) groups excluding carboxylic acids is 1. The van der Waals surface area contributed by atoms with Gasteiger partial charge in [0.05, 0.1) is 24.7 Å². The minimum Gasteiger partial charge on any atom is -0.495 e. The topological polar surface area (TPSA) is 83.0 Å². The van der Waals surface area contributed by atoms with Crippen molar-refractivity contribution >= 4 is 45.2 Å². The van der Waals surface area contributed by atoms with Gasteiger partial charge in [-0.05, 0) is 41.7 Å². The van der Waals surface area contributed by atoms with Gasteiger partial charge in [0.2, 0.25) is 5.91 Å². The maximum atomic E-state index is 11.9. The first-order chi connectivity index (χ1) is 16.2. The number of rotatable bonds is 6. The fraction of sp³-hybridized carbons (Fsp3) is 0.417. The Morgan fingerprint density at radius 2 is 2.12 bits per heavy atom. The van der Waals surface area contributed by atoms with Gasteiger partial charge in [-0.3, -0.25) is 14.7 Å². The molecule has 0 radical (unpaired) electrons. The van der Waals surface area contributed by atoms with Crippen molar-refractivity contribution < 1.29 is 9.53 Å². The van der Waals surface area contributed by atoms with E-state index in [1.807, 2.05) is 11.1 Å². The lowest BCUT2D eigenvalue weighted by Gasteiger charge is -2.28. The first-order valence-corrected chi connectivity index (χ1v) is 12.2. The molecule has 1 fully saturated rings. The van der Waals surface area contributed by atoms with Crippen molar-refractivity contribution in [2.75, 3.05) is 38.6 Å². The van der Waals surface area contributed by atoms with Crippen molar-refractivity contribution in [1.29, 1.82) is 0 Å². The minimum atomic E-state index is 0.300. The van der Waals surface area contributed by atoms with E-state index in [2.05, 4.69) is 37.3 Å². The fourth-order valence-electron chi connectivity index (χ4n) is 5.00. The van der Waals surface area contributed by atoms with E-state index in [1.54, 1.807) is 24.8 Å². The van der Waals surface area contributed by atoms with Crippen molar-refractivity contribution in [2.45, 2.75) is 32.4 Å². The van der Waals surface area contributed by atoms with Crippen molar-refractivity contribution in [1.82, 2.24) is 19.8 Å². The average molecular weight is 463 g/mol. The molecule has 33 heavy (non-hydrogen) atoms. The highest BCUT2D eigenvalue weighted by atomic mass is 32.1. The lowest BCUT2D eigenvalue weighted by molar-refractivity contribution is -0.127. The molecule has 0 bridgehead atoms. The van der Waals surface area contributed by atoms with Crippen molar-refractivity contribution in [2.24, 2.45) is 4.99 Å². The Balaban J connectivity index is 1.26. The number of hydrogen-bond donors (Lipinski definition) is 1. The summed E-state index contributed by atoms with van der Waals surface area (Å²) < 4.78 is 5.65. The Morgan fingerprint density at radius 3 is 2.97 bits per heavy atom. The van der Waals surface area contributed by atoms with Gasteiger partial charge in [0.25, 0.3) is 0 Å². The summed E-state index contributed by atoms with van der Waals surface area (Å²) in [5.74, 6) is 1.91. The molecular formula is C24H26N6O2S. The molecule has 170 valence electrons. The molecule has 3 aliphatic heterocycles. The van der Waals surface area contributed by atoms with E-state index in [1.165, 1.54) is 16.0 Å². The summed E-state index contributed by atoms with van der Waals surface area (Å²) in [6.45, 7) is 5.23. The summed E-state index contributed by atoms with van der Waals surface area (Å²) >= 11 is 1.75. The molecule has 6 rings (SSSR count). The van der Waals surface area contributed by atoms with Crippen LogP contribution < -0.4 is 10.1 Å². The van der Waals surface area contributed by atoms with Crippen molar-refractivity contribution in [3.63, 3.8) is 0 Å². The molecule has 0 saturated carbocycles. The van der Waals surface area contributed by atoms with Gasteiger partial charge in [-0.15, -0.1) is 11.3 Å². The number of carbonyl (C=O) groups is 1. The Hall–Kier alpha value is -3.04. The highest BCUT2D eigenvalue weighted by molar-refractivity contribution is 7.19. The zero-order chi connectivity index (χ0) is 22.4. The second kappa shape index (κ2) is 8.39. The summed E-state index contributed by atoms with van der Waals surface area (Å²) in [5, 5.41) is 4.64. The summed E-state index contributed by atoms with van der Waals surface area (Å²) in [6, 6.07) is 4.13. The largest absolute Gasteiger partial charge is 0.495 e. The average Bonchev–Trinajstić information content (AvgIpc) is 3.54. The lowest BCUT2D eigenvalue weighted by atomic mass is 10.0. The Kier molecular flexibility index (Phi) is 5.22. The molecule has 2 aromatic heterocycles. The molecule has 0 aliphatic carbocycles. The van der Waals surface area contributed by atoms with Crippen LogP contribution >= 0.6 is 11.3 Å². The summed E-state index contributed by atoms with van der Waals surface area (Å²) in [6.07, 6.45) is 6.20. The Bertz CT molecular complexity index is 1270. The number of nitrogens with zero attached hydrogens (tertiary/aromatic N) is 5. The molecule has 3 aromatic rings. The number of nitrogens with one attached hydrogen (secondary N) is 1. The predicted molar refractivity (Wildman–Crippen MR) is 130 cm³/mol. The second-order valence-electron chi connectivity index (χ2n) is 8.76. The molecule has 0 atom stereocenters. The van der Waals surface area contributed by atoms with Gasteiger partial charge in [0.1, 0.15) is 22.7 Å². The van der Waals surface area contributed by atoms with E-state index in [-0.39, 0.29) is 0 Å². The SMILES string of the molecule is COc1cc2c(cc1Nc1ncnc3sc4c(c13)CCN(CCN1CCCC1=O)C4)C=NC2. The third kappa shape index (κ3) is 3.75. The number of anilines is 2. The van der Waals surface area contributed by atoms with Crippen LogP contribution in [-0.4, -0.2) is 65.2 Å². The summed E-state index contributed by atoms with van der Waals surface area (Å²) in [5.41, 5.74) is 4.52. The van der Waals surface area contributed by atoms with Gasteiger partial charge in [0, 0.05) is 50.2 Å². The molecular weight excluding hydrogens is 436 g/mol. The fourth-order valence-corrected chi connectivity index (χ4v) is 6.23. The molecule has 0 spiro atoms. The van der Waals surface area contributed by atoms with E-state index in [0.717, 1.165) is 78.6 Å². The first kappa shape index (κ1) is 20.6. The number of ether oxygens (including phenoxy) is 1. The molecule has 8 nitrogen and oxygen atoms in total. The molecule has 1 N–H and O–H groups in total. The lowest BCUT2D eigenvalue weighted by Crippen LogP contribution is -2.38. The molecule has 1 amide bonds. The molecule has 5 heterocycles. The van der Waals surface area contributed by atoms with Gasteiger partial charge < -0.3 is 15.0 Å². The number of hydrogen-bond acceptors (Lipinski definition) is 8. The van der Waals surface area contributed by atoms with Crippen molar-refractivity contribution in [3.05, 3.63) is 40.0 Å². The van der Waals surface area contributed by atoms with E-state index in [9.17, 15) is 4.79 Å². The first-order valence-electron chi connectivity index (χ1n) is 11.4. The molecule has 1 aromatic carbocycles. The van der Waals surface area contributed by atoms with Crippen LogP contribution in [-0.2, 0) is 24.3 Å². The molecule has 9 heteroatoms. The molecule has 1 saturated heterocycles.